The van der Waals surface area contributed by atoms with Crippen LogP contribution in [0.4, 0.5) is 13.2 Å². The maximum Gasteiger partial charge on any atom is 0.490 e. The highest BCUT2D eigenvalue weighted by Gasteiger charge is 2.41. The first kappa shape index (κ1) is 26.2. The summed E-state index contributed by atoms with van der Waals surface area (Å²) >= 11 is 5.90. The van der Waals surface area contributed by atoms with E-state index in [1.54, 1.807) is 7.11 Å². The molecule has 0 aromatic heterocycles. The van der Waals surface area contributed by atoms with Crippen molar-refractivity contribution in [1.29, 1.82) is 0 Å². The molecule has 1 aromatic carbocycles. The topological polar surface area (TPSA) is 108 Å². The third kappa shape index (κ3) is 8.47. The summed E-state index contributed by atoms with van der Waals surface area (Å²) in [6.07, 6.45) is -4.37. The van der Waals surface area contributed by atoms with Crippen LogP contribution in [-0.2, 0) is 30.2 Å². The second-order valence-electron chi connectivity index (χ2n) is 6.68. The van der Waals surface area contributed by atoms with Crippen molar-refractivity contribution in [1.82, 2.24) is 0 Å². The maximum absolute atomic E-state index is 11.6. The fraction of sp³-hybridized carbons (Fsp3) is 0.579. The lowest BCUT2D eigenvalue weighted by molar-refractivity contribution is -0.198. The Morgan fingerprint density at radius 2 is 1.83 bits per heavy atom. The van der Waals surface area contributed by atoms with Crippen LogP contribution in [0, 0.1) is 5.92 Å². The molecule has 1 heterocycles. The third-order valence-corrected chi connectivity index (χ3v) is 4.66. The number of nitrogens with two attached hydrogens (primary N) is 1. The average molecular weight is 456 g/mol. The van der Waals surface area contributed by atoms with Gasteiger partial charge in [0.05, 0.1) is 19.3 Å². The van der Waals surface area contributed by atoms with E-state index in [-0.39, 0.29) is 24.7 Å². The molecule has 2 rings (SSSR count). The van der Waals surface area contributed by atoms with Crippen LogP contribution in [0.1, 0.15) is 18.9 Å². The molecule has 4 atom stereocenters. The van der Waals surface area contributed by atoms with Gasteiger partial charge in [-0.1, -0.05) is 30.7 Å². The van der Waals surface area contributed by atoms with E-state index in [1.165, 1.54) is 0 Å². The van der Waals surface area contributed by atoms with Gasteiger partial charge in [-0.05, 0) is 30.5 Å². The number of hydrogen-bond donors (Lipinski definition) is 2. The highest BCUT2D eigenvalue weighted by atomic mass is 35.5. The van der Waals surface area contributed by atoms with Gasteiger partial charge in [0, 0.05) is 18.1 Å². The van der Waals surface area contributed by atoms with Crippen LogP contribution in [0.2, 0.25) is 5.02 Å². The number of halogens is 4. The first-order chi connectivity index (χ1) is 14.0. The first-order valence-electron chi connectivity index (χ1n) is 9.08. The van der Waals surface area contributed by atoms with Gasteiger partial charge in [-0.25, -0.2) is 4.79 Å². The Kier molecular flexibility index (Phi) is 10.5. The summed E-state index contributed by atoms with van der Waals surface area (Å²) in [5, 5.41) is 7.84. The van der Waals surface area contributed by atoms with Crippen molar-refractivity contribution in [2.75, 3.05) is 20.3 Å². The molecular formula is C19H25ClF3NO6. The molecule has 30 heavy (non-hydrogen) atoms. The summed E-state index contributed by atoms with van der Waals surface area (Å²) in [6.45, 7) is 2.46. The fourth-order valence-corrected chi connectivity index (χ4v) is 3.04. The summed E-state index contributed by atoms with van der Waals surface area (Å²) < 4.78 is 48.7. The summed E-state index contributed by atoms with van der Waals surface area (Å²) in [7, 11) is 1.63. The van der Waals surface area contributed by atoms with E-state index < -0.39 is 24.2 Å². The van der Waals surface area contributed by atoms with E-state index in [4.69, 9.17) is 41.4 Å². The second kappa shape index (κ2) is 12.1. The number of alkyl halides is 3. The van der Waals surface area contributed by atoms with E-state index >= 15 is 0 Å². The Morgan fingerprint density at radius 3 is 2.30 bits per heavy atom. The number of ether oxygens (including phenoxy) is 3. The molecule has 0 unspecified atom stereocenters. The molecule has 170 valence electrons. The lowest BCUT2D eigenvalue weighted by Crippen LogP contribution is -2.52. The molecule has 0 bridgehead atoms. The van der Waals surface area contributed by atoms with Gasteiger partial charge in [0.25, 0.3) is 0 Å². The summed E-state index contributed by atoms with van der Waals surface area (Å²) in [5.74, 6) is -3.04. The minimum atomic E-state index is -5.08. The average Bonchev–Trinajstić information content (AvgIpc) is 2.68. The zero-order valence-electron chi connectivity index (χ0n) is 16.5. The minimum Gasteiger partial charge on any atom is -0.475 e. The number of esters is 1. The molecule has 0 radical (unpaired) electrons. The number of carbonyl (C=O) groups is 2. The number of methoxy groups -OCH3 is 1. The molecule has 1 aromatic rings. The van der Waals surface area contributed by atoms with Crippen molar-refractivity contribution in [3.63, 3.8) is 0 Å². The molecule has 1 saturated heterocycles. The van der Waals surface area contributed by atoms with Gasteiger partial charge >= 0.3 is 18.1 Å². The zero-order valence-corrected chi connectivity index (χ0v) is 17.3. The van der Waals surface area contributed by atoms with Crippen LogP contribution < -0.4 is 5.73 Å². The lowest BCUT2D eigenvalue weighted by atomic mass is 9.90. The van der Waals surface area contributed by atoms with E-state index in [0.29, 0.717) is 11.6 Å². The molecule has 1 aliphatic rings. The Morgan fingerprint density at radius 1 is 1.27 bits per heavy atom. The van der Waals surface area contributed by atoms with Crippen LogP contribution >= 0.6 is 11.6 Å². The first-order valence-corrected chi connectivity index (χ1v) is 9.45. The zero-order chi connectivity index (χ0) is 22.9. The van der Waals surface area contributed by atoms with E-state index in [9.17, 15) is 18.0 Å². The molecule has 0 spiro atoms. The van der Waals surface area contributed by atoms with Crippen molar-refractivity contribution in [3.8, 4) is 0 Å². The van der Waals surface area contributed by atoms with Gasteiger partial charge in [-0.15, -0.1) is 0 Å². The predicted octanol–water partition coefficient (Wildman–Crippen LogP) is 2.83. The molecule has 11 heteroatoms. The van der Waals surface area contributed by atoms with E-state index in [1.807, 2.05) is 31.2 Å². The standard InChI is InChI=1S/C17H24ClNO4.C2HF3O2/c1-11-10-22-14(8-5-12-3-6-13(18)7-4-12)17(16(11)21-2)23-15(20)9-19;3-2(4,5)1(6)7/h3-4,6-7,11,14,16-17H,5,8-10,19H2,1-2H3;(H,6,7)/t11-,14-,16-,17+;/m0./s1. The van der Waals surface area contributed by atoms with Crippen LogP contribution in [0.5, 0.6) is 0 Å². The highest BCUT2D eigenvalue weighted by Crippen LogP contribution is 2.28. The van der Waals surface area contributed by atoms with Gasteiger partial charge in [-0.3, -0.25) is 4.79 Å². The smallest absolute Gasteiger partial charge is 0.475 e. The molecule has 3 N–H and O–H groups in total. The Labute approximate surface area is 177 Å². The van der Waals surface area contributed by atoms with Gasteiger partial charge in [0.1, 0.15) is 6.10 Å². The third-order valence-electron chi connectivity index (χ3n) is 4.40. The van der Waals surface area contributed by atoms with Gasteiger partial charge in [-0.2, -0.15) is 13.2 Å². The van der Waals surface area contributed by atoms with Crippen molar-refractivity contribution in [2.24, 2.45) is 11.7 Å². The molecule has 0 amide bonds. The fourth-order valence-electron chi connectivity index (χ4n) is 2.92. The number of carbonyl (C=O) groups excluding carboxylic acids is 1. The monoisotopic (exact) mass is 455 g/mol. The molecular weight excluding hydrogens is 431 g/mol. The largest absolute Gasteiger partial charge is 0.490 e. The normalized spacial score (nSPS) is 23.8. The van der Waals surface area contributed by atoms with Crippen LogP contribution in [0.15, 0.2) is 24.3 Å². The van der Waals surface area contributed by atoms with Crippen molar-refractivity contribution < 1.29 is 42.1 Å². The number of carboxylic acids is 1. The Bertz CT molecular complexity index is 686. The van der Waals surface area contributed by atoms with Crippen molar-refractivity contribution >= 4 is 23.5 Å². The lowest BCUT2D eigenvalue weighted by Gasteiger charge is -2.40. The molecule has 7 nitrogen and oxygen atoms in total. The quantitative estimate of drug-likeness (QED) is 0.635. The minimum absolute atomic E-state index is 0.148. The Balaban J connectivity index is 0.000000553. The van der Waals surface area contributed by atoms with Gasteiger partial charge < -0.3 is 25.1 Å². The molecule has 0 aliphatic carbocycles. The number of aliphatic carboxylic acids is 1. The second-order valence-corrected chi connectivity index (χ2v) is 7.11. The Hall–Kier alpha value is -1.88. The van der Waals surface area contributed by atoms with E-state index in [0.717, 1.165) is 18.4 Å². The summed E-state index contributed by atoms with van der Waals surface area (Å²) in [4.78, 5) is 20.5. The SMILES string of the molecule is CO[C@@H]1[C@H](OC(=O)CN)[C@H](CCc2ccc(Cl)cc2)OC[C@@H]1C.O=C(O)C(F)(F)F. The van der Waals surface area contributed by atoms with Crippen LogP contribution in [0.3, 0.4) is 0 Å². The van der Waals surface area contributed by atoms with E-state index in [2.05, 4.69) is 0 Å². The number of hydrogen-bond acceptors (Lipinski definition) is 6. The number of benzene rings is 1. The number of carboxylic acid groups (broad SMARTS) is 1. The maximum atomic E-state index is 11.6. The van der Waals surface area contributed by atoms with Crippen LogP contribution in [0.25, 0.3) is 0 Å². The van der Waals surface area contributed by atoms with Gasteiger partial charge in [0.15, 0.2) is 6.10 Å². The summed E-state index contributed by atoms with van der Waals surface area (Å²) in [5.41, 5.74) is 6.53. The van der Waals surface area contributed by atoms with Crippen molar-refractivity contribution in [3.05, 3.63) is 34.9 Å². The number of aryl methyl sites for hydroxylation is 1. The van der Waals surface area contributed by atoms with Crippen LogP contribution in [-0.4, -0.2) is 61.8 Å². The molecule has 1 fully saturated rings. The predicted molar refractivity (Wildman–Crippen MR) is 102 cm³/mol. The summed E-state index contributed by atoms with van der Waals surface area (Å²) in [6, 6.07) is 7.71. The molecule has 0 saturated carbocycles. The van der Waals surface area contributed by atoms with Gasteiger partial charge in [0.2, 0.25) is 0 Å². The van der Waals surface area contributed by atoms with Crippen molar-refractivity contribution in [2.45, 2.75) is 44.3 Å². The highest BCUT2D eigenvalue weighted by molar-refractivity contribution is 6.30. The number of rotatable bonds is 6. The molecule has 1 aliphatic heterocycles.